The lowest BCUT2D eigenvalue weighted by molar-refractivity contribution is 0.276. The van der Waals surface area contributed by atoms with Crippen molar-refractivity contribution >= 4 is 22.3 Å². The van der Waals surface area contributed by atoms with Crippen molar-refractivity contribution in [3.63, 3.8) is 0 Å². The molecule has 8 heteroatoms. The Labute approximate surface area is 203 Å². The standard InChI is InChI=1S/C26H31N5O2S/c1-5-8-23(30-34(33)26(2,3)4)22-11-7-10-21(29-22)18-13-14-19-16-27-31(24(19)15-18)25-12-6-9-20(17-32)28-25/h6-7,9-16,23,30,32H,5,8,17H2,1-4H3/t23-,34-/m0/s1. The van der Waals surface area contributed by atoms with Crippen LogP contribution in [0.2, 0.25) is 0 Å². The predicted molar refractivity (Wildman–Crippen MR) is 137 cm³/mol. The van der Waals surface area contributed by atoms with Gasteiger partial charge in [0.15, 0.2) is 5.82 Å². The highest BCUT2D eigenvalue weighted by atomic mass is 32.2. The third-order valence-corrected chi connectivity index (χ3v) is 7.16. The third kappa shape index (κ3) is 5.31. The first-order valence-electron chi connectivity index (χ1n) is 11.5. The number of nitrogens with one attached hydrogen (secondary N) is 1. The predicted octanol–water partition coefficient (Wildman–Crippen LogP) is 4.87. The Balaban J connectivity index is 1.70. The minimum absolute atomic E-state index is 0.0929. The van der Waals surface area contributed by atoms with Crippen molar-refractivity contribution in [2.75, 3.05) is 0 Å². The Morgan fingerprint density at radius 1 is 1.09 bits per heavy atom. The molecule has 2 N–H and O–H groups in total. The van der Waals surface area contributed by atoms with Crippen LogP contribution in [0.1, 0.15) is 58.0 Å². The van der Waals surface area contributed by atoms with E-state index in [1.807, 2.05) is 63.2 Å². The van der Waals surface area contributed by atoms with Crippen molar-refractivity contribution in [1.82, 2.24) is 24.5 Å². The summed E-state index contributed by atoms with van der Waals surface area (Å²) in [6.07, 6.45) is 3.60. The van der Waals surface area contributed by atoms with E-state index >= 15 is 0 Å². The molecule has 0 spiro atoms. The van der Waals surface area contributed by atoms with E-state index in [-0.39, 0.29) is 17.4 Å². The number of hydrogen-bond acceptors (Lipinski definition) is 6. The van der Waals surface area contributed by atoms with Gasteiger partial charge < -0.3 is 9.66 Å². The van der Waals surface area contributed by atoms with Crippen LogP contribution >= 0.6 is 0 Å². The molecule has 4 rings (SSSR count). The topological polar surface area (TPSA) is 98.9 Å². The molecule has 0 fully saturated rings. The van der Waals surface area contributed by atoms with Crippen LogP contribution in [0.3, 0.4) is 0 Å². The quantitative estimate of drug-likeness (QED) is 0.351. The second kappa shape index (κ2) is 10.2. The Hall–Kier alpha value is -2.78. The number of hydrogen-bond donors (Lipinski definition) is 2. The van der Waals surface area contributed by atoms with Crippen LogP contribution in [0.25, 0.3) is 28.0 Å². The summed E-state index contributed by atoms with van der Waals surface area (Å²) in [7, 11) is 0. The van der Waals surface area contributed by atoms with Gasteiger partial charge in [-0.05, 0) is 57.5 Å². The van der Waals surface area contributed by atoms with Crippen LogP contribution in [0.4, 0.5) is 0 Å². The maximum atomic E-state index is 12.8. The summed E-state index contributed by atoms with van der Waals surface area (Å²) < 4.78 is 17.5. The minimum atomic E-state index is -1.19. The number of benzene rings is 1. The fourth-order valence-corrected chi connectivity index (χ4v) is 4.55. The van der Waals surface area contributed by atoms with Crippen molar-refractivity contribution < 1.29 is 9.66 Å². The van der Waals surface area contributed by atoms with Crippen LogP contribution in [-0.4, -0.2) is 34.2 Å². The highest BCUT2D eigenvalue weighted by Gasteiger charge is 2.30. The molecule has 0 amide bonds. The van der Waals surface area contributed by atoms with Gasteiger partial charge in [-0.15, -0.1) is 4.72 Å². The smallest absolute Gasteiger partial charge is 0.154 e. The molecule has 34 heavy (non-hydrogen) atoms. The Bertz CT molecular complexity index is 1270. The average Bonchev–Trinajstić information content (AvgIpc) is 3.26. The number of pyridine rings is 2. The monoisotopic (exact) mass is 477 g/mol. The third-order valence-electron chi connectivity index (χ3n) is 5.55. The molecular formula is C26H31N5O2S. The summed E-state index contributed by atoms with van der Waals surface area (Å²) in [5, 5.41) is 14.9. The minimum Gasteiger partial charge on any atom is -0.598 e. The van der Waals surface area contributed by atoms with E-state index in [0.717, 1.165) is 40.7 Å². The molecule has 0 saturated heterocycles. The van der Waals surface area contributed by atoms with Crippen LogP contribution in [-0.2, 0) is 18.0 Å². The summed E-state index contributed by atoms with van der Waals surface area (Å²) in [4.78, 5) is 9.43. The lowest BCUT2D eigenvalue weighted by Crippen LogP contribution is -2.41. The summed E-state index contributed by atoms with van der Waals surface area (Å²) >= 11 is -1.19. The number of aliphatic hydroxyl groups excluding tert-OH is 1. The van der Waals surface area contributed by atoms with Crippen molar-refractivity contribution in [2.24, 2.45) is 0 Å². The molecule has 3 heterocycles. The normalized spacial score (nSPS) is 13.8. The first-order valence-corrected chi connectivity index (χ1v) is 12.7. The molecule has 0 radical (unpaired) electrons. The first-order chi connectivity index (χ1) is 16.3. The van der Waals surface area contributed by atoms with Gasteiger partial charge in [-0.2, -0.15) is 5.10 Å². The van der Waals surface area contributed by atoms with Gasteiger partial charge in [0.05, 0.1) is 41.4 Å². The number of fused-ring (bicyclic) bond motifs is 1. The summed E-state index contributed by atoms with van der Waals surface area (Å²) in [6, 6.07) is 17.5. The van der Waals surface area contributed by atoms with E-state index in [4.69, 9.17) is 4.98 Å². The Kier molecular flexibility index (Phi) is 7.33. The lowest BCUT2D eigenvalue weighted by atomic mass is 10.1. The van der Waals surface area contributed by atoms with E-state index in [0.29, 0.717) is 11.5 Å². The van der Waals surface area contributed by atoms with E-state index in [1.165, 1.54) is 0 Å². The van der Waals surface area contributed by atoms with Gasteiger partial charge >= 0.3 is 0 Å². The van der Waals surface area contributed by atoms with Gasteiger partial charge in [-0.1, -0.05) is 37.6 Å². The molecule has 0 saturated carbocycles. The van der Waals surface area contributed by atoms with Crippen molar-refractivity contribution in [3.05, 3.63) is 72.2 Å². The van der Waals surface area contributed by atoms with Gasteiger partial charge in [0, 0.05) is 22.3 Å². The van der Waals surface area contributed by atoms with E-state index in [9.17, 15) is 9.66 Å². The van der Waals surface area contributed by atoms with Crippen LogP contribution < -0.4 is 4.72 Å². The summed E-state index contributed by atoms with van der Waals surface area (Å²) in [5.41, 5.74) is 4.18. The van der Waals surface area contributed by atoms with Crippen LogP contribution in [0, 0.1) is 0 Å². The van der Waals surface area contributed by atoms with Crippen molar-refractivity contribution in [3.8, 4) is 17.1 Å². The Morgan fingerprint density at radius 3 is 2.62 bits per heavy atom. The molecule has 0 aliphatic carbocycles. The molecule has 0 bridgehead atoms. The molecule has 0 unspecified atom stereocenters. The highest BCUT2D eigenvalue weighted by Crippen LogP contribution is 2.28. The lowest BCUT2D eigenvalue weighted by Gasteiger charge is -2.27. The molecule has 0 aliphatic heterocycles. The zero-order chi connectivity index (χ0) is 24.3. The number of aromatic nitrogens is 4. The zero-order valence-corrected chi connectivity index (χ0v) is 20.8. The molecule has 4 aromatic rings. The van der Waals surface area contributed by atoms with E-state index in [2.05, 4.69) is 27.8 Å². The molecule has 2 atom stereocenters. The zero-order valence-electron chi connectivity index (χ0n) is 20.0. The molecule has 3 aromatic heterocycles. The maximum absolute atomic E-state index is 12.8. The van der Waals surface area contributed by atoms with Crippen LogP contribution in [0.5, 0.6) is 0 Å². The van der Waals surface area contributed by atoms with Crippen LogP contribution in [0.15, 0.2) is 60.8 Å². The molecule has 178 valence electrons. The first kappa shape index (κ1) is 24.3. The van der Waals surface area contributed by atoms with E-state index in [1.54, 1.807) is 16.9 Å². The highest BCUT2D eigenvalue weighted by molar-refractivity contribution is 7.90. The second-order valence-corrected chi connectivity index (χ2v) is 11.3. The maximum Gasteiger partial charge on any atom is 0.154 e. The number of aliphatic hydroxyl groups is 1. The number of nitrogens with zero attached hydrogens (tertiary/aromatic N) is 4. The van der Waals surface area contributed by atoms with E-state index < -0.39 is 11.4 Å². The van der Waals surface area contributed by atoms with Gasteiger partial charge in [-0.25, -0.2) is 9.67 Å². The fourth-order valence-electron chi connectivity index (χ4n) is 3.70. The number of rotatable bonds is 8. The van der Waals surface area contributed by atoms with Crippen molar-refractivity contribution in [2.45, 2.75) is 57.9 Å². The second-order valence-electron chi connectivity index (χ2n) is 9.26. The fraction of sp³-hybridized carbons (Fsp3) is 0.346. The SMILES string of the molecule is CCC[C@H](N[S@@+]([O-])C(C)(C)C)c1cccc(-c2ccc3cnn(-c4cccc(CO)n4)c3c2)n1. The van der Waals surface area contributed by atoms with Gasteiger partial charge in [0.25, 0.3) is 0 Å². The van der Waals surface area contributed by atoms with Gasteiger partial charge in [0.1, 0.15) is 4.75 Å². The molecular weight excluding hydrogens is 446 g/mol. The summed E-state index contributed by atoms with van der Waals surface area (Å²) in [5.74, 6) is 0.650. The largest absolute Gasteiger partial charge is 0.598 e. The average molecular weight is 478 g/mol. The molecule has 1 aromatic carbocycles. The summed E-state index contributed by atoms with van der Waals surface area (Å²) in [6.45, 7) is 7.89. The van der Waals surface area contributed by atoms with Gasteiger partial charge in [-0.3, -0.25) is 4.98 Å². The molecule has 0 aliphatic rings. The molecule has 7 nitrogen and oxygen atoms in total. The van der Waals surface area contributed by atoms with Crippen molar-refractivity contribution in [1.29, 1.82) is 0 Å². The Morgan fingerprint density at radius 2 is 1.88 bits per heavy atom. The van der Waals surface area contributed by atoms with Gasteiger partial charge in [0.2, 0.25) is 0 Å².